The van der Waals surface area contributed by atoms with Gasteiger partial charge < -0.3 is 9.88 Å². The Hall–Kier alpha value is -0.650. The van der Waals surface area contributed by atoms with E-state index in [1.54, 1.807) is 11.3 Å². The summed E-state index contributed by atoms with van der Waals surface area (Å²) in [6.45, 7) is 6.48. The highest BCUT2D eigenvalue weighted by atomic mass is 79.9. The molecule has 0 spiro atoms. The first-order valence-electron chi connectivity index (χ1n) is 7.21. The Morgan fingerprint density at radius 2 is 2.25 bits per heavy atom. The van der Waals surface area contributed by atoms with E-state index in [4.69, 9.17) is 0 Å². The van der Waals surface area contributed by atoms with Crippen molar-refractivity contribution in [1.82, 2.24) is 14.9 Å². The maximum Gasteiger partial charge on any atom is 0.110 e. The molecule has 0 radical (unpaired) electrons. The maximum atomic E-state index is 4.53. The largest absolute Gasteiger partial charge is 0.335 e. The highest BCUT2D eigenvalue weighted by Gasteiger charge is 2.16. The number of hydrogen-bond acceptors (Lipinski definition) is 3. The molecule has 0 aromatic carbocycles. The standard InChI is InChI=1S/C15H22BrN3S/c1-3-5-17-13(14-9-12(16)11-20-14)10-15-18-6-8-19(15)7-4-2/h6,8-9,11,13,17H,3-5,7,10H2,1-2H3. The maximum absolute atomic E-state index is 4.53. The monoisotopic (exact) mass is 355 g/mol. The molecule has 2 aromatic heterocycles. The van der Waals surface area contributed by atoms with Crippen molar-refractivity contribution in [3.05, 3.63) is 39.0 Å². The van der Waals surface area contributed by atoms with E-state index in [2.05, 4.69) is 62.3 Å². The second-order valence-corrected chi connectivity index (χ2v) is 6.77. The molecule has 0 bridgehead atoms. The lowest BCUT2D eigenvalue weighted by Crippen LogP contribution is -2.24. The zero-order valence-electron chi connectivity index (χ0n) is 12.1. The SMILES string of the molecule is CCCNC(Cc1nccn1CCC)c1cc(Br)cs1. The molecule has 110 valence electrons. The van der Waals surface area contributed by atoms with E-state index in [-0.39, 0.29) is 0 Å². The molecule has 0 aliphatic rings. The van der Waals surface area contributed by atoms with Crippen LogP contribution in [0.25, 0.3) is 0 Å². The second-order valence-electron chi connectivity index (χ2n) is 4.91. The predicted octanol–water partition coefficient (Wildman–Crippen LogP) is 4.40. The molecule has 3 nitrogen and oxygen atoms in total. The molecule has 2 heterocycles. The Kier molecular flexibility index (Phi) is 6.26. The molecule has 0 saturated carbocycles. The third-order valence-corrected chi connectivity index (χ3v) is 5.03. The molecule has 1 N–H and O–H groups in total. The quantitative estimate of drug-likeness (QED) is 0.760. The summed E-state index contributed by atoms with van der Waals surface area (Å²) < 4.78 is 3.43. The fraction of sp³-hybridized carbons (Fsp3) is 0.533. The normalized spacial score (nSPS) is 12.8. The number of thiophene rings is 1. The van der Waals surface area contributed by atoms with Gasteiger partial charge in [0.15, 0.2) is 0 Å². The van der Waals surface area contributed by atoms with Gasteiger partial charge in [-0.25, -0.2) is 4.98 Å². The fourth-order valence-corrected chi connectivity index (χ4v) is 3.78. The fourth-order valence-electron chi connectivity index (χ4n) is 2.26. The van der Waals surface area contributed by atoms with E-state index in [1.807, 2.05) is 6.20 Å². The summed E-state index contributed by atoms with van der Waals surface area (Å²) in [4.78, 5) is 5.90. The number of halogens is 1. The summed E-state index contributed by atoms with van der Waals surface area (Å²) in [7, 11) is 0. The van der Waals surface area contributed by atoms with Crippen LogP contribution >= 0.6 is 27.3 Å². The van der Waals surface area contributed by atoms with Crippen LogP contribution in [0, 0.1) is 0 Å². The predicted molar refractivity (Wildman–Crippen MR) is 89.3 cm³/mol. The van der Waals surface area contributed by atoms with Crippen molar-refractivity contribution < 1.29 is 0 Å². The van der Waals surface area contributed by atoms with Crippen molar-refractivity contribution in [2.24, 2.45) is 0 Å². The number of hydrogen-bond donors (Lipinski definition) is 1. The number of nitrogens with zero attached hydrogens (tertiary/aromatic N) is 2. The molecule has 0 amide bonds. The van der Waals surface area contributed by atoms with Crippen LogP contribution < -0.4 is 5.32 Å². The lowest BCUT2D eigenvalue weighted by molar-refractivity contribution is 0.508. The van der Waals surface area contributed by atoms with Crippen LogP contribution in [-0.4, -0.2) is 16.1 Å². The molecule has 0 saturated heterocycles. The minimum absolute atomic E-state index is 0.351. The first-order valence-corrected chi connectivity index (χ1v) is 8.89. The van der Waals surface area contributed by atoms with Crippen LogP contribution in [0.4, 0.5) is 0 Å². The van der Waals surface area contributed by atoms with E-state index < -0.39 is 0 Å². The Labute approximate surface area is 133 Å². The van der Waals surface area contributed by atoms with Crippen LogP contribution in [0.3, 0.4) is 0 Å². The van der Waals surface area contributed by atoms with Crippen LogP contribution in [0.2, 0.25) is 0 Å². The van der Waals surface area contributed by atoms with Crippen molar-refractivity contribution in [2.75, 3.05) is 6.54 Å². The average molecular weight is 356 g/mol. The molecule has 2 aromatic rings. The summed E-state index contributed by atoms with van der Waals surface area (Å²) in [6.07, 6.45) is 7.22. The third-order valence-electron chi connectivity index (χ3n) is 3.22. The van der Waals surface area contributed by atoms with Gasteiger partial charge in [-0.2, -0.15) is 0 Å². The molecule has 2 rings (SSSR count). The van der Waals surface area contributed by atoms with Crippen molar-refractivity contribution in [2.45, 2.75) is 45.7 Å². The summed E-state index contributed by atoms with van der Waals surface area (Å²) in [5.74, 6) is 1.17. The van der Waals surface area contributed by atoms with Gasteiger partial charge in [0.1, 0.15) is 5.82 Å². The summed E-state index contributed by atoms with van der Waals surface area (Å²) >= 11 is 5.35. The van der Waals surface area contributed by atoms with Crippen LogP contribution in [-0.2, 0) is 13.0 Å². The van der Waals surface area contributed by atoms with Crippen molar-refractivity contribution in [1.29, 1.82) is 0 Å². The Morgan fingerprint density at radius 1 is 1.40 bits per heavy atom. The first kappa shape index (κ1) is 15.7. The second kappa shape index (κ2) is 7.96. The Balaban J connectivity index is 2.12. The Morgan fingerprint density at radius 3 is 2.90 bits per heavy atom. The minimum atomic E-state index is 0.351. The van der Waals surface area contributed by atoms with Gasteiger partial charge in [0, 0.05) is 46.1 Å². The zero-order valence-corrected chi connectivity index (χ0v) is 14.5. The van der Waals surface area contributed by atoms with Crippen LogP contribution in [0.5, 0.6) is 0 Å². The molecule has 0 fully saturated rings. The zero-order chi connectivity index (χ0) is 14.4. The van der Waals surface area contributed by atoms with Gasteiger partial charge in [0.2, 0.25) is 0 Å². The van der Waals surface area contributed by atoms with E-state index in [1.165, 1.54) is 10.7 Å². The van der Waals surface area contributed by atoms with E-state index in [0.29, 0.717) is 6.04 Å². The molecular formula is C15H22BrN3S. The summed E-state index contributed by atoms with van der Waals surface area (Å²) in [6, 6.07) is 2.56. The van der Waals surface area contributed by atoms with Crippen molar-refractivity contribution >= 4 is 27.3 Å². The van der Waals surface area contributed by atoms with Gasteiger partial charge >= 0.3 is 0 Å². The molecule has 20 heavy (non-hydrogen) atoms. The third kappa shape index (κ3) is 4.17. The Bertz CT molecular complexity index is 521. The lowest BCUT2D eigenvalue weighted by Gasteiger charge is -2.17. The van der Waals surface area contributed by atoms with Crippen molar-refractivity contribution in [3.63, 3.8) is 0 Å². The highest BCUT2D eigenvalue weighted by Crippen LogP contribution is 2.27. The average Bonchev–Trinajstić information content (AvgIpc) is 3.04. The van der Waals surface area contributed by atoms with Gasteiger partial charge in [-0.05, 0) is 41.4 Å². The molecule has 0 aliphatic heterocycles. The minimum Gasteiger partial charge on any atom is -0.335 e. The topological polar surface area (TPSA) is 29.9 Å². The number of imidazole rings is 1. The van der Waals surface area contributed by atoms with E-state index in [0.717, 1.165) is 36.8 Å². The van der Waals surface area contributed by atoms with Gasteiger partial charge in [0.25, 0.3) is 0 Å². The van der Waals surface area contributed by atoms with Gasteiger partial charge in [-0.3, -0.25) is 0 Å². The van der Waals surface area contributed by atoms with Crippen LogP contribution in [0.1, 0.15) is 43.4 Å². The van der Waals surface area contributed by atoms with Crippen molar-refractivity contribution in [3.8, 4) is 0 Å². The molecule has 5 heteroatoms. The summed E-state index contributed by atoms with van der Waals surface area (Å²) in [5.41, 5.74) is 0. The molecule has 1 atom stereocenters. The summed E-state index contributed by atoms with van der Waals surface area (Å²) in [5, 5.41) is 5.79. The van der Waals surface area contributed by atoms with E-state index >= 15 is 0 Å². The van der Waals surface area contributed by atoms with Gasteiger partial charge in [-0.1, -0.05) is 13.8 Å². The van der Waals surface area contributed by atoms with E-state index in [9.17, 15) is 0 Å². The number of aromatic nitrogens is 2. The molecular weight excluding hydrogens is 334 g/mol. The first-order chi connectivity index (χ1) is 9.74. The van der Waals surface area contributed by atoms with Gasteiger partial charge in [-0.15, -0.1) is 11.3 Å². The molecule has 0 aliphatic carbocycles. The van der Waals surface area contributed by atoms with Crippen LogP contribution in [0.15, 0.2) is 28.3 Å². The molecule has 1 unspecified atom stereocenters. The highest BCUT2D eigenvalue weighted by molar-refractivity contribution is 9.10. The lowest BCUT2D eigenvalue weighted by atomic mass is 10.1. The smallest absolute Gasteiger partial charge is 0.110 e. The number of rotatable bonds is 8. The number of nitrogens with one attached hydrogen (secondary N) is 1. The number of aryl methyl sites for hydroxylation is 1. The van der Waals surface area contributed by atoms with Gasteiger partial charge in [0.05, 0.1) is 0 Å².